The summed E-state index contributed by atoms with van der Waals surface area (Å²) in [7, 11) is 0. The van der Waals surface area contributed by atoms with Crippen LogP contribution in [0.3, 0.4) is 0 Å². The van der Waals surface area contributed by atoms with E-state index in [1.54, 1.807) is 0 Å². The highest BCUT2D eigenvalue weighted by atomic mass is 16.5. The summed E-state index contributed by atoms with van der Waals surface area (Å²) in [6.45, 7) is 8.34. The lowest BCUT2D eigenvalue weighted by molar-refractivity contribution is -0.900. The van der Waals surface area contributed by atoms with Crippen LogP contribution < -0.4 is 4.90 Å². The molecule has 17 heavy (non-hydrogen) atoms. The van der Waals surface area contributed by atoms with Crippen molar-refractivity contribution in [3.8, 4) is 0 Å². The average molecular weight is 246 g/mol. The second kappa shape index (κ2) is 10.1. The van der Waals surface area contributed by atoms with Gasteiger partial charge in [-0.2, -0.15) is 0 Å². The topological polar surface area (TPSA) is 57.0 Å². The first kappa shape index (κ1) is 15.9. The van der Waals surface area contributed by atoms with Gasteiger partial charge in [-0.15, -0.1) is 0 Å². The third-order valence-electron chi connectivity index (χ3n) is 2.41. The van der Waals surface area contributed by atoms with Crippen LogP contribution in [0.4, 0.5) is 0 Å². The molecule has 0 rings (SSSR count). The van der Waals surface area contributed by atoms with Crippen molar-refractivity contribution in [1.82, 2.24) is 0 Å². The summed E-state index contributed by atoms with van der Waals surface area (Å²) in [5, 5.41) is 0. The van der Waals surface area contributed by atoms with Gasteiger partial charge < -0.3 is 14.4 Å². The Morgan fingerprint density at radius 1 is 0.941 bits per heavy atom. The minimum Gasteiger partial charge on any atom is -0.460 e. The van der Waals surface area contributed by atoms with Crippen LogP contribution in [0, 0.1) is 0 Å². The number of carbonyl (C=O) groups excluding carboxylic acids is 2. The van der Waals surface area contributed by atoms with E-state index in [1.165, 1.54) is 18.7 Å². The van der Waals surface area contributed by atoms with Crippen LogP contribution in [0.25, 0.3) is 0 Å². The lowest BCUT2D eigenvalue weighted by Crippen LogP contribution is -3.13. The van der Waals surface area contributed by atoms with Gasteiger partial charge in [-0.25, -0.2) is 0 Å². The molecule has 5 nitrogen and oxygen atoms in total. The zero-order chi connectivity index (χ0) is 13.1. The molecule has 0 saturated heterocycles. The van der Waals surface area contributed by atoms with Crippen LogP contribution in [-0.4, -0.2) is 44.8 Å². The van der Waals surface area contributed by atoms with E-state index in [0.29, 0.717) is 13.2 Å². The summed E-state index contributed by atoms with van der Waals surface area (Å²) in [5.41, 5.74) is 0. The highest BCUT2D eigenvalue weighted by Crippen LogP contribution is 1.80. The fourth-order valence-corrected chi connectivity index (χ4v) is 1.48. The average Bonchev–Trinajstić information content (AvgIpc) is 2.24. The highest BCUT2D eigenvalue weighted by Gasteiger charge is 2.09. The maximum absolute atomic E-state index is 10.6. The molecule has 0 spiro atoms. The molecule has 0 heterocycles. The summed E-state index contributed by atoms with van der Waals surface area (Å²) in [4.78, 5) is 22.6. The standard InChI is InChI=1S/C12H23NO4/c1-4-5-6-13(7-9-16-11(2)14)8-10-17-12(3)15/h4-10H2,1-3H3/p+1. The SMILES string of the molecule is CCCC[NH+](CCOC(C)=O)CCOC(C)=O. The number of ether oxygens (including phenoxy) is 2. The predicted octanol–water partition coefficient (Wildman–Crippen LogP) is -0.202. The second-order valence-corrected chi connectivity index (χ2v) is 4.03. The Labute approximate surface area is 103 Å². The fraction of sp³-hybridized carbons (Fsp3) is 0.833. The minimum atomic E-state index is -0.250. The van der Waals surface area contributed by atoms with E-state index in [-0.39, 0.29) is 11.9 Å². The van der Waals surface area contributed by atoms with Crippen LogP contribution in [0.2, 0.25) is 0 Å². The Hall–Kier alpha value is -1.10. The highest BCUT2D eigenvalue weighted by molar-refractivity contribution is 5.66. The molecule has 0 atom stereocenters. The van der Waals surface area contributed by atoms with Crippen molar-refractivity contribution < 1.29 is 24.0 Å². The van der Waals surface area contributed by atoms with Gasteiger partial charge in [0.05, 0.1) is 6.54 Å². The van der Waals surface area contributed by atoms with Crippen LogP contribution in [-0.2, 0) is 19.1 Å². The summed E-state index contributed by atoms with van der Waals surface area (Å²) in [6, 6.07) is 0. The molecular formula is C12H24NO4+. The van der Waals surface area contributed by atoms with Crippen molar-refractivity contribution in [3.63, 3.8) is 0 Å². The van der Waals surface area contributed by atoms with Crippen molar-refractivity contribution in [3.05, 3.63) is 0 Å². The van der Waals surface area contributed by atoms with Gasteiger partial charge in [-0.3, -0.25) is 9.59 Å². The first-order valence-corrected chi connectivity index (χ1v) is 6.16. The number of carbonyl (C=O) groups is 2. The maximum atomic E-state index is 10.6. The fourth-order valence-electron chi connectivity index (χ4n) is 1.48. The molecule has 0 amide bonds. The van der Waals surface area contributed by atoms with Crippen molar-refractivity contribution >= 4 is 11.9 Å². The van der Waals surface area contributed by atoms with Crippen molar-refractivity contribution in [2.75, 3.05) is 32.8 Å². The Morgan fingerprint density at radius 2 is 1.41 bits per heavy atom. The van der Waals surface area contributed by atoms with Gasteiger partial charge in [0.25, 0.3) is 0 Å². The van der Waals surface area contributed by atoms with E-state index in [1.807, 2.05) is 0 Å². The number of rotatable bonds is 9. The Kier molecular flexibility index (Phi) is 9.43. The summed E-state index contributed by atoms with van der Waals surface area (Å²) < 4.78 is 9.82. The van der Waals surface area contributed by atoms with Gasteiger partial charge in [0, 0.05) is 13.8 Å². The first-order valence-electron chi connectivity index (χ1n) is 6.16. The third kappa shape index (κ3) is 11.2. The van der Waals surface area contributed by atoms with Gasteiger partial charge in [-0.1, -0.05) is 13.3 Å². The molecule has 0 bridgehead atoms. The van der Waals surface area contributed by atoms with Crippen molar-refractivity contribution in [2.45, 2.75) is 33.6 Å². The molecule has 0 radical (unpaired) electrons. The molecule has 0 saturated carbocycles. The quantitative estimate of drug-likeness (QED) is 0.572. The van der Waals surface area contributed by atoms with Crippen LogP contribution in [0.5, 0.6) is 0 Å². The summed E-state index contributed by atoms with van der Waals surface area (Å²) in [5.74, 6) is -0.500. The van der Waals surface area contributed by atoms with Gasteiger partial charge >= 0.3 is 11.9 Å². The van der Waals surface area contributed by atoms with Crippen LogP contribution in [0.1, 0.15) is 33.6 Å². The molecule has 0 aliphatic carbocycles. The number of quaternary nitrogens is 1. The zero-order valence-electron chi connectivity index (χ0n) is 11.1. The van der Waals surface area contributed by atoms with E-state index < -0.39 is 0 Å². The summed E-state index contributed by atoms with van der Waals surface area (Å²) in [6.07, 6.45) is 2.25. The Morgan fingerprint density at radius 3 is 1.76 bits per heavy atom. The summed E-state index contributed by atoms with van der Waals surface area (Å²) >= 11 is 0. The smallest absolute Gasteiger partial charge is 0.302 e. The number of esters is 2. The third-order valence-corrected chi connectivity index (χ3v) is 2.41. The normalized spacial score (nSPS) is 10.4. The molecule has 1 N–H and O–H groups in total. The number of hydrogen-bond donors (Lipinski definition) is 1. The lowest BCUT2D eigenvalue weighted by atomic mass is 10.3. The first-order chi connectivity index (χ1) is 8.06. The molecule has 0 aromatic carbocycles. The van der Waals surface area contributed by atoms with E-state index in [4.69, 9.17) is 9.47 Å². The largest absolute Gasteiger partial charge is 0.460 e. The predicted molar refractivity (Wildman–Crippen MR) is 63.7 cm³/mol. The molecule has 0 aromatic rings. The molecule has 0 aliphatic heterocycles. The van der Waals surface area contributed by atoms with E-state index in [0.717, 1.165) is 32.5 Å². The molecule has 5 heteroatoms. The number of nitrogens with one attached hydrogen (secondary N) is 1. The molecular weight excluding hydrogens is 222 g/mol. The lowest BCUT2D eigenvalue weighted by Gasteiger charge is -2.18. The zero-order valence-corrected chi connectivity index (χ0v) is 11.1. The Bertz CT molecular complexity index is 211. The van der Waals surface area contributed by atoms with E-state index >= 15 is 0 Å². The van der Waals surface area contributed by atoms with E-state index in [2.05, 4.69) is 6.92 Å². The van der Waals surface area contributed by atoms with Gasteiger partial charge in [0.1, 0.15) is 26.3 Å². The van der Waals surface area contributed by atoms with Gasteiger partial charge in [0.15, 0.2) is 0 Å². The van der Waals surface area contributed by atoms with Gasteiger partial charge in [0.2, 0.25) is 0 Å². The van der Waals surface area contributed by atoms with Crippen molar-refractivity contribution in [2.24, 2.45) is 0 Å². The molecule has 100 valence electrons. The van der Waals surface area contributed by atoms with Crippen molar-refractivity contribution in [1.29, 1.82) is 0 Å². The monoisotopic (exact) mass is 246 g/mol. The number of unbranched alkanes of at least 4 members (excludes halogenated alkanes) is 1. The van der Waals surface area contributed by atoms with Crippen LogP contribution >= 0.6 is 0 Å². The molecule has 0 unspecified atom stereocenters. The van der Waals surface area contributed by atoms with Gasteiger partial charge in [-0.05, 0) is 6.42 Å². The minimum absolute atomic E-state index is 0.250. The Balaban J connectivity index is 3.78. The number of hydrogen-bond acceptors (Lipinski definition) is 4. The second-order valence-electron chi connectivity index (χ2n) is 4.03. The van der Waals surface area contributed by atoms with Crippen LogP contribution in [0.15, 0.2) is 0 Å². The molecule has 0 fully saturated rings. The van der Waals surface area contributed by atoms with E-state index in [9.17, 15) is 9.59 Å². The molecule has 0 aliphatic rings. The molecule has 0 aromatic heterocycles. The maximum Gasteiger partial charge on any atom is 0.302 e.